The summed E-state index contributed by atoms with van der Waals surface area (Å²) >= 11 is 1.70. The largest absolute Gasteiger partial charge is 0.317 e. The Kier molecular flexibility index (Phi) is 4.18. The third-order valence-electron chi connectivity index (χ3n) is 3.36. The monoisotopic (exact) mass is 251 g/mol. The van der Waals surface area contributed by atoms with E-state index in [9.17, 15) is 0 Å². The van der Waals surface area contributed by atoms with E-state index in [-0.39, 0.29) is 0 Å². The van der Waals surface area contributed by atoms with Crippen LogP contribution in [0.25, 0.3) is 4.96 Å². The first-order chi connectivity index (χ1) is 8.20. The van der Waals surface area contributed by atoms with Crippen LogP contribution in [0.2, 0.25) is 0 Å². The molecule has 0 aliphatic carbocycles. The number of fused-ring (bicyclic) bond motifs is 1. The van der Waals surface area contributed by atoms with E-state index >= 15 is 0 Å². The molecule has 4 heteroatoms. The third kappa shape index (κ3) is 3.07. The molecule has 17 heavy (non-hydrogen) atoms. The van der Waals surface area contributed by atoms with Crippen molar-refractivity contribution in [2.24, 2.45) is 11.8 Å². The lowest BCUT2D eigenvalue weighted by Gasteiger charge is -2.19. The number of nitrogens with zero attached hydrogens (tertiary/aromatic N) is 2. The van der Waals surface area contributed by atoms with Crippen molar-refractivity contribution in [1.29, 1.82) is 0 Å². The van der Waals surface area contributed by atoms with Crippen LogP contribution in [-0.4, -0.2) is 22.5 Å². The van der Waals surface area contributed by atoms with Gasteiger partial charge in [-0.1, -0.05) is 20.8 Å². The van der Waals surface area contributed by atoms with E-state index in [4.69, 9.17) is 0 Å². The Balaban J connectivity index is 1.93. The third-order valence-corrected chi connectivity index (χ3v) is 4.13. The molecule has 2 atom stereocenters. The fourth-order valence-corrected chi connectivity index (χ4v) is 2.70. The van der Waals surface area contributed by atoms with Gasteiger partial charge in [0, 0.05) is 17.8 Å². The molecule has 0 amide bonds. The normalized spacial score (nSPS) is 15.2. The molecule has 2 aromatic rings. The van der Waals surface area contributed by atoms with Gasteiger partial charge in [0.25, 0.3) is 0 Å². The summed E-state index contributed by atoms with van der Waals surface area (Å²) in [5, 5.41) is 5.49. The lowest BCUT2D eigenvalue weighted by Crippen LogP contribution is -2.25. The smallest absolute Gasteiger partial charge is 0.193 e. The molecule has 2 rings (SSSR count). The summed E-state index contributed by atoms with van der Waals surface area (Å²) in [6.07, 6.45) is 5.30. The molecule has 0 saturated heterocycles. The zero-order valence-corrected chi connectivity index (χ0v) is 11.6. The molecule has 2 heterocycles. The summed E-state index contributed by atoms with van der Waals surface area (Å²) in [7, 11) is 0. The number of imidazole rings is 1. The van der Waals surface area contributed by atoms with E-state index in [0.717, 1.165) is 24.5 Å². The Morgan fingerprint density at radius 3 is 2.94 bits per heavy atom. The number of thiazole rings is 1. The molecule has 0 bridgehead atoms. The van der Waals surface area contributed by atoms with Gasteiger partial charge in [0.05, 0.1) is 5.69 Å². The molecule has 3 nitrogen and oxygen atoms in total. The summed E-state index contributed by atoms with van der Waals surface area (Å²) in [6.45, 7) is 8.93. The molecule has 0 saturated carbocycles. The second-order valence-corrected chi connectivity index (χ2v) is 5.66. The highest BCUT2D eigenvalue weighted by molar-refractivity contribution is 7.15. The van der Waals surface area contributed by atoms with Crippen molar-refractivity contribution in [1.82, 2.24) is 14.7 Å². The molecular formula is C13H21N3S. The van der Waals surface area contributed by atoms with Gasteiger partial charge in [0.15, 0.2) is 4.96 Å². The molecule has 0 radical (unpaired) electrons. The summed E-state index contributed by atoms with van der Waals surface area (Å²) < 4.78 is 2.11. The van der Waals surface area contributed by atoms with Crippen LogP contribution in [0.1, 0.15) is 26.5 Å². The van der Waals surface area contributed by atoms with Crippen LogP contribution in [0, 0.1) is 11.8 Å². The van der Waals surface area contributed by atoms with Crippen molar-refractivity contribution in [3.8, 4) is 0 Å². The van der Waals surface area contributed by atoms with Crippen molar-refractivity contribution < 1.29 is 0 Å². The van der Waals surface area contributed by atoms with Crippen LogP contribution in [0.4, 0.5) is 0 Å². The minimum absolute atomic E-state index is 0.665. The van der Waals surface area contributed by atoms with Crippen molar-refractivity contribution in [2.45, 2.75) is 27.2 Å². The van der Waals surface area contributed by atoms with E-state index in [2.05, 4.69) is 53.2 Å². The SMILES string of the molecule is CCNCC(C)C(C)Cc1cn2ccsc2n1. The molecule has 1 N–H and O–H groups in total. The summed E-state index contributed by atoms with van der Waals surface area (Å²) in [5.41, 5.74) is 1.22. The van der Waals surface area contributed by atoms with E-state index in [1.165, 1.54) is 5.69 Å². The van der Waals surface area contributed by atoms with E-state index in [1.54, 1.807) is 11.3 Å². The molecular weight excluding hydrogens is 230 g/mol. The van der Waals surface area contributed by atoms with Gasteiger partial charge in [0.2, 0.25) is 0 Å². The van der Waals surface area contributed by atoms with Gasteiger partial charge < -0.3 is 5.32 Å². The topological polar surface area (TPSA) is 29.3 Å². The van der Waals surface area contributed by atoms with Crippen molar-refractivity contribution >= 4 is 16.3 Å². The van der Waals surface area contributed by atoms with Crippen molar-refractivity contribution in [3.05, 3.63) is 23.5 Å². The maximum atomic E-state index is 4.64. The lowest BCUT2D eigenvalue weighted by atomic mass is 9.92. The maximum Gasteiger partial charge on any atom is 0.193 e. The Bertz CT molecular complexity index is 431. The Morgan fingerprint density at radius 2 is 2.24 bits per heavy atom. The quantitative estimate of drug-likeness (QED) is 0.855. The highest BCUT2D eigenvalue weighted by Crippen LogP contribution is 2.18. The summed E-state index contributed by atoms with van der Waals surface area (Å²) in [5.74, 6) is 1.35. The fourth-order valence-electron chi connectivity index (χ4n) is 1.98. The van der Waals surface area contributed by atoms with Crippen LogP contribution in [0.5, 0.6) is 0 Å². The predicted molar refractivity (Wildman–Crippen MR) is 73.6 cm³/mol. The Labute approximate surface area is 107 Å². The number of hydrogen-bond donors (Lipinski definition) is 1. The second-order valence-electron chi connectivity index (χ2n) is 4.79. The fraction of sp³-hybridized carbons (Fsp3) is 0.615. The van der Waals surface area contributed by atoms with Crippen LogP contribution >= 0.6 is 11.3 Å². The molecule has 0 aromatic carbocycles. The van der Waals surface area contributed by atoms with E-state index in [0.29, 0.717) is 11.8 Å². The zero-order valence-electron chi connectivity index (χ0n) is 10.8. The molecule has 0 spiro atoms. The minimum atomic E-state index is 0.665. The van der Waals surface area contributed by atoms with Gasteiger partial charge in [-0.25, -0.2) is 4.98 Å². The Hall–Kier alpha value is -0.870. The van der Waals surface area contributed by atoms with E-state index in [1.807, 2.05) is 0 Å². The van der Waals surface area contributed by atoms with Gasteiger partial charge in [0.1, 0.15) is 0 Å². The second kappa shape index (κ2) is 5.65. The van der Waals surface area contributed by atoms with Crippen LogP contribution < -0.4 is 5.32 Å². The first-order valence-electron chi connectivity index (χ1n) is 6.32. The molecule has 0 aliphatic rings. The van der Waals surface area contributed by atoms with Gasteiger partial charge in [-0.3, -0.25) is 4.40 Å². The summed E-state index contributed by atoms with van der Waals surface area (Å²) in [4.78, 5) is 5.74. The number of aromatic nitrogens is 2. The molecule has 0 aliphatic heterocycles. The number of hydrogen-bond acceptors (Lipinski definition) is 3. The minimum Gasteiger partial charge on any atom is -0.317 e. The standard InChI is InChI=1S/C13H21N3S/c1-4-14-8-11(3)10(2)7-12-9-16-5-6-17-13(16)15-12/h5-6,9-11,14H,4,7-8H2,1-3H3. The average molecular weight is 251 g/mol. The number of nitrogens with one attached hydrogen (secondary N) is 1. The maximum absolute atomic E-state index is 4.64. The molecule has 2 unspecified atom stereocenters. The van der Waals surface area contributed by atoms with Crippen LogP contribution in [0.15, 0.2) is 17.8 Å². The van der Waals surface area contributed by atoms with Gasteiger partial charge in [-0.05, 0) is 31.3 Å². The highest BCUT2D eigenvalue weighted by Gasteiger charge is 2.14. The molecule has 94 valence electrons. The van der Waals surface area contributed by atoms with E-state index < -0.39 is 0 Å². The van der Waals surface area contributed by atoms with Crippen LogP contribution in [-0.2, 0) is 6.42 Å². The number of rotatable bonds is 6. The zero-order chi connectivity index (χ0) is 12.3. The average Bonchev–Trinajstić information content (AvgIpc) is 2.86. The van der Waals surface area contributed by atoms with Gasteiger partial charge >= 0.3 is 0 Å². The van der Waals surface area contributed by atoms with Gasteiger partial charge in [-0.2, -0.15) is 0 Å². The first kappa shape index (κ1) is 12.6. The highest BCUT2D eigenvalue weighted by atomic mass is 32.1. The molecule has 0 fully saturated rings. The lowest BCUT2D eigenvalue weighted by molar-refractivity contribution is 0.366. The molecule has 2 aromatic heterocycles. The van der Waals surface area contributed by atoms with Crippen molar-refractivity contribution in [2.75, 3.05) is 13.1 Å². The summed E-state index contributed by atoms with van der Waals surface area (Å²) in [6, 6.07) is 0. The van der Waals surface area contributed by atoms with Crippen LogP contribution in [0.3, 0.4) is 0 Å². The Morgan fingerprint density at radius 1 is 1.41 bits per heavy atom. The van der Waals surface area contributed by atoms with Crippen molar-refractivity contribution in [3.63, 3.8) is 0 Å². The van der Waals surface area contributed by atoms with Gasteiger partial charge in [-0.15, -0.1) is 11.3 Å². The first-order valence-corrected chi connectivity index (χ1v) is 7.20. The predicted octanol–water partition coefficient (Wildman–Crippen LogP) is 2.82.